The van der Waals surface area contributed by atoms with Gasteiger partial charge in [0.2, 0.25) is 5.91 Å². The fraction of sp³-hybridized carbons (Fsp3) is 0.909. The van der Waals surface area contributed by atoms with Gasteiger partial charge in [0.15, 0.2) is 0 Å². The molecule has 14 heavy (non-hydrogen) atoms. The quantitative estimate of drug-likeness (QED) is 0.748. The average molecular weight is 199 g/mol. The van der Waals surface area contributed by atoms with Gasteiger partial charge in [-0.3, -0.25) is 4.79 Å². The van der Waals surface area contributed by atoms with Gasteiger partial charge in [0, 0.05) is 12.0 Å². The van der Waals surface area contributed by atoms with Crippen molar-refractivity contribution in [2.24, 2.45) is 5.92 Å². The summed E-state index contributed by atoms with van der Waals surface area (Å²) in [7, 11) is 0. The van der Waals surface area contributed by atoms with Crippen LogP contribution in [0.15, 0.2) is 0 Å². The van der Waals surface area contributed by atoms with Crippen LogP contribution >= 0.6 is 0 Å². The van der Waals surface area contributed by atoms with E-state index in [1.807, 2.05) is 27.7 Å². The van der Waals surface area contributed by atoms with E-state index < -0.39 is 0 Å². The Labute approximate surface area is 86.2 Å². The number of carbonyl (C=O) groups is 1. The molecule has 0 heterocycles. The van der Waals surface area contributed by atoms with Gasteiger partial charge in [-0.25, -0.2) is 0 Å². The maximum absolute atomic E-state index is 11.3. The van der Waals surface area contributed by atoms with Gasteiger partial charge in [0.1, 0.15) is 0 Å². The standard InChI is InChI=1S/C11H21NO2/c1-7(2)11(13)12-9-5-10(6-9)14-8(3)4/h7-10H,5-6H2,1-4H3,(H,12,13). The molecular formula is C11H21NO2. The van der Waals surface area contributed by atoms with Gasteiger partial charge >= 0.3 is 0 Å². The Kier molecular flexibility index (Phi) is 3.93. The predicted octanol–water partition coefficient (Wildman–Crippen LogP) is 1.71. The van der Waals surface area contributed by atoms with E-state index in [0.29, 0.717) is 18.2 Å². The van der Waals surface area contributed by atoms with Crippen LogP contribution in [0.2, 0.25) is 0 Å². The molecule has 1 aliphatic rings. The molecule has 0 aromatic heterocycles. The molecule has 1 rings (SSSR count). The van der Waals surface area contributed by atoms with Crippen LogP contribution in [0, 0.1) is 5.92 Å². The lowest BCUT2D eigenvalue weighted by Gasteiger charge is -2.37. The Bertz CT molecular complexity index is 195. The van der Waals surface area contributed by atoms with E-state index in [1.165, 1.54) is 0 Å². The first-order chi connectivity index (χ1) is 6.49. The first-order valence-electron chi connectivity index (χ1n) is 5.45. The van der Waals surface area contributed by atoms with Crippen molar-refractivity contribution in [1.82, 2.24) is 5.32 Å². The summed E-state index contributed by atoms with van der Waals surface area (Å²) in [5.74, 6) is 0.234. The third-order valence-corrected chi connectivity index (χ3v) is 2.43. The first-order valence-corrected chi connectivity index (χ1v) is 5.45. The Balaban J connectivity index is 2.13. The maximum atomic E-state index is 11.3. The topological polar surface area (TPSA) is 38.3 Å². The number of amides is 1. The highest BCUT2D eigenvalue weighted by atomic mass is 16.5. The molecule has 0 unspecified atom stereocenters. The molecule has 1 aliphatic carbocycles. The molecule has 3 nitrogen and oxygen atoms in total. The largest absolute Gasteiger partial charge is 0.375 e. The smallest absolute Gasteiger partial charge is 0.222 e. The van der Waals surface area contributed by atoms with E-state index in [4.69, 9.17) is 4.74 Å². The molecule has 0 atom stereocenters. The minimum atomic E-state index is 0.0834. The minimum Gasteiger partial charge on any atom is -0.375 e. The summed E-state index contributed by atoms with van der Waals surface area (Å²) in [5.41, 5.74) is 0. The van der Waals surface area contributed by atoms with Crippen LogP contribution in [0.5, 0.6) is 0 Å². The van der Waals surface area contributed by atoms with Gasteiger partial charge in [-0.15, -0.1) is 0 Å². The van der Waals surface area contributed by atoms with Crippen molar-refractivity contribution in [3.05, 3.63) is 0 Å². The predicted molar refractivity (Wildman–Crippen MR) is 56.0 cm³/mol. The van der Waals surface area contributed by atoms with Crippen LogP contribution < -0.4 is 5.32 Å². The van der Waals surface area contributed by atoms with Gasteiger partial charge < -0.3 is 10.1 Å². The molecule has 1 fully saturated rings. The van der Waals surface area contributed by atoms with Crippen LogP contribution in [0.1, 0.15) is 40.5 Å². The number of hydrogen-bond acceptors (Lipinski definition) is 2. The number of rotatable bonds is 4. The zero-order valence-corrected chi connectivity index (χ0v) is 9.54. The van der Waals surface area contributed by atoms with Crippen molar-refractivity contribution in [3.63, 3.8) is 0 Å². The zero-order valence-electron chi connectivity index (χ0n) is 9.54. The molecule has 0 aromatic carbocycles. The second kappa shape index (κ2) is 4.78. The van der Waals surface area contributed by atoms with E-state index in [9.17, 15) is 4.79 Å². The van der Waals surface area contributed by atoms with E-state index >= 15 is 0 Å². The maximum Gasteiger partial charge on any atom is 0.222 e. The summed E-state index contributed by atoms with van der Waals surface area (Å²) in [4.78, 5) is 11.3. The van der Waals surface area contributed by atoms with Crippen LogP contribution in [-0.4, -0.2) is 24.2 Å². The highest BCUT2D eigenvalue weighted by molar-refractivity contribution is 5.78. The minimum absolute atomic E-state index is 0.0834. The van der Waals surface area contributed by atoms with Crippen LogP contribution in [-0.2, 0) is 9.53 Å². The second-order valence-corrected chi connectivity index (χ2v) is 4.64. The van der Waals surface area contributed by atoms with Crippen molar-refractivity contribution in [3.8, 4) is 0 Å². The molecule has 1 saturated carbocycles. The molecule has 82 valence electrons. The summed E-state index contributed by atoms with van der Waals surface area (Å²) in [5, 5.41) is 3.00. The van der Waals surface area contributed by atoms with E-state index in [0.717, 1.165) is 12.8 Å². The van der Waals surface area contributed by atoms with Crippen LogP contribution in [0.4, 0.5) is 0 Å². The molecule has 0 bridgehead atoms. The molecule has 1 amide bonds. The first kappa shape index (κ1) is 11.5. The lowest BCUT2D eigenvalue weighted by Crippen LogP contribution is -2.49. The molecule has 1 N–H and O–H groups in total. The third-order valence-electron chi connectivity index (χ3n) is 2.43. The second-order valence-electron chi connectivity index (χ2n) is 4.64. The lowest BCUT2D eigenvalue weighted by molar-refractivity contribution is -0.127. The van der Waals surface area contributed by atoms with E-state index in [-0.39, 0.29) is 11.8 Å². The van der Waals surface area contributed by atoms with Gasteiger partial charge in [0.05, 0.1) is 12.2 Å². The summed E-state index contributed by atoms with van der Waals surface area (Å²) >= 11 is 0. The molecule has 0 saturated heterocycles. The molecule has 0 aliphatic heterocycles. The van der Waals surface area contributed by atoms with Crippen molar-refractivity contribution < 1.29 is 9.53 Å². The molecule has 0 spiro atoms. The van der Waals surface area contributed by atoms with Crippen molar-refractivity contribution in [2.45, 2.75) is 58.8 Å². The highest BCUT2D eigenvalue weighted by Gasteiger charge is 2.31. The fourth-order valence-electron chi connectivity index (χ4n) is 1.55. The highest BCUT2D eigenvalue weighted by Crippen LogP contribution is 2.24. The Morgan fingerprint density at radius 1 is 1.29 bits per heavy atom. The normalized spacial score (nSPS) is 26.4. The van der Waals surface area contributed by atoms with Crippen LogP contribution in [0.3, 0.4) is 0 Å². The van der Waals surface area contributed by atoms with E-state index in [1.54, 1.807) is 0 Å². The van der Waals surface area contributed by atoms with Gasteiger partial charge in [-0.1, -0.05) is 13.8 Å². The Hall–Kier alpha value is -0.570. The Morgan fingerprint density at radius 2 is 1.86 bits per heavy atom. The summed E-state index contributed by atoms with van der Waals surface area (Å²) in [6.45, 7) is 7.91. The number of ether oxygens (including phenoxy) is 1. The summed E-state index contributed by atoms with van der Waals surface area (Å²) in [6, 6.07) is 0.341. The van der Waals surface area contributed by atoms with Gasteiger partial charge in [-0.05, 0) is 26.7 Å². The molecular weight excluding hydrogens is 178 g/mol. The summed E-state index contributed by atoms with van der Waals surface area (Å²) in [6.07, 6.45) is 2.59. The lowest BCUT2D eigenvalue weighted by atomic mass is 9.88. The fourth-order valence-corrected chi connectivity index (χ4v) is 1.55. The third kappa shape index (κ3) is 3.29. The molecule has 0 radical (unpaired) electrons. The average Bonchev–Trinajstić information content (AvgIpc) is 1.99. The number of hydrogen-bond donors (Lipinski definition) is 1. The van der Waals surface area contributed by atoms with Crippen molar-refractivity contribution in [1.29, 1.82) is 0 Å². The van der Waals surface area contributed by atoms with Crippen molar-refractivity contribution in [2.75, 3.05) is 0 Å². The number of carbonyl (C=O) groups excluding carboxylic acids is 1. The zero-order chi connectivity index (χ0) is 10.7. The molecule has 3 heteroatoms. The van der Waals surface area contributed by atoms with Crippen molar-refractivity contribution >= 4 is 5.91 Å². The van der Waals surface area contributed by atoms with Gasteiger partial charge in [-0.2, -0.15) is 0 Å². The monoisotopic (exact) mass is 199 g/mol. The Morgan fingerprint density at radius 3 is 2.29 bits per heavy atom. The van der Waals surface area contributed by atoms with Gasteiger partial charge in [0.25, 0.3) is 0 Å². The number of nitrogens with one attached hydrogen (secondary N) is 1. The molecule has 0 aromatic rings. The SMILES string of the molecule is CC(C)OC1CC(NC(=O)C(C)C)C1. The van der Waals surface area contributed by atoms with E-state index in [2.05, 4.69) is 5.32 Å². The summed E-state index contributed by atoms with van der Waals surface area (Å²) < 4.78 is 5.61. The van der Waals surface area contributed by atoms with Crippen LogP contribution in [0.25, 0.3) is 0 Å².